The third-order valence-electron chi connectivity index (χ3n) is 2.80. The SMILES string of the molecule is COP1(OC)(OC)OCC(c2ccccc2)O1. The minimum absolute atomic E-state index is 0.242. The molecule has 0 N–H and O–H groups in total. The van der Waals surface area contributed by atoms with Crippen molar-refractivity contribution in [1.82, 2.24) is 0 Å². The summed E-state index contributed by atoms with van der Waals surface area (Å²) in [4.78, 5) is 0. The predicted octanol–water partition coefficient (Wildman–Crippen LogP) is 2.84. The van der Waals surface area contributed by atoms with Gasteiger partial charge in [-0.25, -0.2) is 0 Å². The Morgan fingerprint density at radius 3 is 2.12 bits per heavy atom. The summed E-state index contributed by atoms with van der Waals surface area (Å²) in [5.41, 5.74) is 1.00. The third-order valence-corrected chi connectivity index (χ3v) is 5.76. The molecular formula is C11H17O5P. The van der Waals surface area contributed by atoms with Crippen LogP contribution >= 0.6 is 7.74 Å². The Balaban J connectivity index is 2.24. The van der Waals surface area contributed by atoms with E-state index in [1.54, 1.807) is 0 Å². The van der Waals surface area contributed by atoms with Gasteiger partial charge in [0.1, 0.15) is 0 Å². The first kappa shape index (κ1) is 12.9. The Kier molecular flexibility index (Phi) is 3.50. The van der Waals surface area contributed by atoms with Gasteiger partial charge in [-0.15, -0.1) is 0 Å². The van der Waals surface area contributed by atoms with E-state index in [0.29, 0.717) is 6.61 Å². The second kappa shape index (κ2) is 4.61. The van der Waals surface area contributed by atoms with Gasteiger partial charge in [0.05, 0.1) is 0 Å². The van der Waals surface area contributed by atoms with Crippen LogP contribution < -0.4 is 0 Å². The summed E-state index contributed by atoms with van der Waals surface area (Å²) in [6.07, 6.45) is -0.242. The quantitative estimate of drug-likeness (QED) is 0.779. The zero-order valence-corrected chi connectivity index (χ0v) is 11.1. The molecule has 0 radical (unpaired) electrons. The molecule has 1 aromatic rings. The molecule has 1 unspecified atom stereocenters. The fourth-order valence-corrected chi connectivity index (χ4v) is 3.85. The summed E-state index contributed by atoms with van der Waals surface area (Å²) in [5.74, 6) is 0. The Hall–Kier alpha value is -0.550. The minimum atomic E-state index is -3.82. The van der Waals surface area contributed by atoms with Crippen molar-refractivity contribution >= 4 is 7.74 Å². The molecule has 2 rings (SSSR count). The monoisotopic (exact) mass is 260 g/mol. The molecule has 1 fully saturated rings. The number of hydrogen-bond donors (Lipinski definition) is 0. The van der Waals surface area contributed by atoms with Gasteiger partial charge in [-0.3, -0.25) is 0 Å². The van der Waals surface area contributed by atoms with Crippen LogP contribution in [0.1, 0.15) is 11.7 Å². The van der Waals surface area contributed by atoms with Crippen LogP contribution in [0.4, 0.5) is 0 Å². The molecule has 0 saturated carbocycles. The summed E-state index contributed by atoms with van der Waals surface area (Å²) in [5, 5.41) is 0. The van der Waals surface area contributed by atoms with Crippen LogP contribution in [0, 0.1) is 0 Å². The average Bonchev–Trinajstić information content (AvgIpc) is 2.82. The van der Waals surface area contributed by atoms with E-state index < -0.39 is 7.74 Å². The van der Waals surface area contributed by atoms with Gasteiger partial charge in [0, 0.05) is 0 Å². The molecule has 5 nitrogen and oxygen atoms in total. The first-order valence-electron chi connectivity index (χ1n) is 5.27. The van der Waals surface area contributed by atoms with Crippen molar-refractivity contribution in [3.8, 4) is 0 Å². The van der Waals surface area contributed by atoms with E-state index in [1.165, 1.54) is 21.3 Å². The maximum absolute atomic E-state index is 5.81. The van der Waals surface area contributed by atoms with Crippen LogP contribution in [-0.4, -0.2) is 27.9 Å². The van der Waals surface area contributed by atoms with Crippen LogP contribution in [0.25, 0.3) is 0 Å². The van der Waals surface area contributed by atoms with E-state index in [-0.39, 0.29) is 6.10 Å². The molecule has 6 heteroatoms. The number of benzene rings is 1. The molecule has 0 aliphatic carbocycles. The first-order valence-corrected chi connectivity index (χ1v) is 7.10. The van der Waals surface area contributed by atoms with Crippen molar-refractivity contribution in [2.24, 2.45) is 0 Å². The fourth-order valence-electron chi connectivity index (χ4n) is 1.79. The maximum atomic E-state index is 5.81. The molecule has 0 bridgehead atoms. The Morgan fingerprint density at radius 1 is 1.06 bits per heavy atom. The summed E-state index contributed by atoms with van der Waals surface area (Å²) in [6.45, 7) is 0.345. The Morgan fingerprint density at radius 2 is 1.65 bits per heavy atom. The van der Waals surface area contributed by atoms with E-state index in [1.807, 2.05) is 30.3 Å². The molecule has 0 aromatic heterocycles. The summed E-state index contributed by atoms with van der Waals surface area (Å²) in [6, 6.07) is 9.76. The topological polar surface area (TPSA) is 46.2 Å². The van der Waals surface area contributed by atoms with Crippen molar-refractivity contribution < 1.29 is 22.6 Å². The van der Waals surface area contributed by atoms with Crippen molar-refractivity contribution in [3.05, 3.63) is 35.9 Å². The standard InChI is InChI=1S/C11H17O5P/c1-12-17(13-2,14-3)15-9-11(16-17)10-7-5-4-6-8-10/h4-8,11H,9H2,1-3H3. The van der Waals surface area contributed by atoms with Crippen molar-refractivity contribution in [2.45, 2.75) is 6.10 Å². The molecule has 1 aliphatic heterocycles. The van der Waals surface area contributed by atoms with E-state index in [2.05, 4.69) is 0 Å². The Labute approximate surface area is 101 Å². The zero-order valence-electron chi connectivity index (χ0n) is 10.2. The molecular weight excluding hydrogens is 243 g/mol. The summed E-state index contributed by atoms with van der Waals surface area (Å²) in [7, 11) is 0.546. The van der Waals surface area contributed by atoms with Gasteiger partial charge in [0.15, 0.2) is 0 Å². The summed E-state index contributed by atoms with van der Waals surface area (Å²) >= 11 is 0. The van der Waals surface area contributed by atoms with Gasteiger partial charge >= 0.3 is 100 Å². The molecule has 1 saturated heterocycles. The van der Waals surface area contributed by atoms with E-state index >= 15 is 0 Å². The molecule has 96 valence electrons. The molecule has 1 aliphatic rings. The second-order valence-corrected chi connectivity index (χ2v) is 6.65. The summed E-state index contributed by atoms with van der Waals surface area (Å²) < 4.78 is 27.2. The van der Waals surface area contributed by atoms with Crippen LogP contribution in [-0.2, 0) is 22.6 Å². The molecule has 1 heterocycles. The van der Waals surface area contributed by atoms with Crippen LogP contribution in [0.15, 0.2) is 30.3 Å². The van der Waals surface area contributed by atoms with Crippen LogP contribution in [0.5, 0.6) is 0 Å². The number of hydrogen-bond acceptors (Lipinski definition) is 5. The molecule has 1 atom stereocenters. The predicted molar refractivity (Wildman–Crippen MR) is 64.2 cm³/mol. The van der Waals surface area contributed by atoms with E-state index in [4.69, 9.17) is 22.6 Å². The average molecular weight is 260 g/mol. The fraction of sp³-hybridized carbons (Fsp3) is 0.455. The number of rotatable bonds is 4. The zero-order chi connectivity index (χ0) is 12.4. The van der Waals surface area contributed by atoms with Gasteiger partial charge in [-0.05, 0) is 0 Å². The Bertz CT molecular complexity index is 368. The van der Waals surface area contributed by atoms with Crippen molar-refractivity contribution in [1.29, 1.82) is 0 Å². The van der Waals surface area contributed by atoms with Gasteiger partial charge in [-0.1, -0.05) is 0 Å². The third kappa shape index (κ3) is 2.10. The second-order valence-electron chi connectivity index (χ2n) is 3.59. The molecule has 17 heavy (non-hydrogen) atoms. The van der Waals surface area contributed by atoms with Crippen LogP contribution in [0.2, 0.25) is 0 Å². The first-order chi connectivity index (χ1) is 8.17. The van der Waals surface area contributed by atoms with Crippen molar-refractivity contribution in [2.75, 3.05) is 27.9 Å². The molecule has 1 aromatic carbocycles. The molecule has 0 spiro atoms. The van der Waals surface area contributed by atoms with E-state index in [9.17, 15) is 0 Å². The van der Waals surface area contributed by atoms with E-state index in [0.717, 1.165) is 5.56 Å². The van der Waals surface area contributed by atoms with Gasteiger partial charge < -0.3 is 0 Å². The normalized spacial score (nSPS) is 28.4. The van der Waals surface area contributed by atoms with Crippen molar-refractivity contribution in [3.63, 3.8) is 0 Å². The van der Waals surface area contributed by atoms with Gasteiger partial charge in [-0.2, -0.15) is 0 Å². The van der Waals surface area contributed by atoms with Crippen LogP contribution in [0.3, 0.4) is 0 Å². The van der Waals surface area contributed by atoms with Gasteiger partial charge in [0.25, 0.3) is 0 Å². The van der Waals surface area contributed by atoms with Gasteiger partial charge in [0.2, 0.25) is 0 Å². The molecule has 0 amide bonds.